The van der Waals surface area contributed by atoms with Crippen LogP contribution >= 0.6 is 0 Å². The van der Waals surface area contributed by atoms with Crippen molar-refractivity contribution < 1.29 is 4.74 Å². The van der Waals surface area contributed by atoms with Crippen LogP contribution in [-0.4, -0.2) is 31.7 Å². The van der Waals surface area contributed by atoms with Crippen molar-refractivity contribution in [3.63, 3.8) is 0 Å². The van der Waals surface area contributed by atoms with Crippen LogP contribution in [0.1, 0.15) is 33.9 Å². The topological polar surface area (TPSA) is 57.8 Å². The molecule has 0 fully saturated rings. The molecule has 144 valence electrons. The molecule has 5 rings (SSSR count). The molecule has 1 aliphatic rings. The summed E-state index contributed by atoms with van der Waals surface area (Å²) in [6, 6.07) is 14.5. The standard InChI is InChI=1S/C23H21N5O/c1-4-18-21-13-22-19(11-16-7-5-15(2)6-8-16)25-26-28(22)23-12-17(29-3)9-10-20(23)27(21)14-24-18/h4-10,12,14H,1,11,13H2,2-3H3. The third kappa shape index (κ3) is 2.84. The van der Waals surface area contributed by atoms with Gasteiger partial charge in [-0.25, -0.2) is 9.67 Å². The van der Waals surface area contributed by atoms with Crippen LogP contribution in [0.3, 0.4) is 0 Å². The summed E-state index contributed by atoms with van der Waals surface area (Å²) in [6.07, 6.45) is 5.05. The first-order valence-electron chi connectivity index (χ1n) is 9.54. The minimum Gasteiger partial charge on any atom is -0.497 e. The van der Waals surface area contributed by atoms with Gasteiger partial charge in [0.25, 0.3) is 0 Å². The maximum atomic E-state index is 5.46. The van der Waals surface area contributed by atoms with Crippen molar-refractivity contribution in [2.75, 3.05) is 7.11 Å². The van der Waals surface area contributed by atoms with Crippen molar-refractivity contribution in [3.8, 4) is 17.1 Å². The predicted octanol–water partition coefficient (Wildman–Crippen LogP) is 3.91. The average molecular weight is 383 g/mol. The van der Waals surface area contributed by atoms with Gasteiger partial charge in [0.2, 0.25) is 0 Å². The molecular weight excluding hydrogens is 362 g/mol. The number of fused-ring (bicyclic) bond motifs is 5. The molecule has 0 unspecified atom stereocenters. The minimum atomic E-state index is 0.673. The summed E-state index contributed by atoms with van der Waals surface area (Å²) in [5.41, 5.74) is 8.36. The molecule has 4 aromatic rings. The maximum Gasteiger partial charge on any atom is 0.121 e. The Morgan fingerprint density at radius 3 is 2.69 bits per heavy atom. The van der Waals surface area contributed by atoms with Crippen LogP contribution in [0, 0.1) is 6.92 Å². The van der Waals surface area contributed by atoms with E-state index in [2.05, 4.69) is 57.6 Å². The first kappa shape index (κ1) is 17.4. The smallest absolute Gasteiger partial charge is 0.121 e. The lowest BCUT2D eigenvalue weighted by Crippen LogP contribution is -2.04. The summed E-state index contributed by atoms with van der Waals surface area (Å²) in [5, 5.41) is 9.06. The summed E-state index contributed by atoms with van der Waals surface area (Å²) >= 11 is 0. The fraction of sp³-hybridized carbons (Fsp3) is 0.174. The molecule has 2 aromatic heterocycles. The normalized spacial score (nSPS) is 11.9. The fourth-order valence-corrected chi connectivity index (χ4v) is 3.84. The van der Waals surface area contributed by atoms with E-state index in [1.165, 1.54) is 11.1 Å². The van der Waals surface area contributed by atoms with Gasteiger partial charge in [-0.1, -0.05) is 41.6 Å². The number of benzene rings is 2. The first-order valence-corrected chi connectivity index (χ1v) is 9.54. The van der Waals surface area contributed by atoms with E-state index in [4.69, 9.17) is 4.74 Å². The van der Waals surface area contributed by atoms with E-state index in [1.807, 2.05) is 29.2 Å². The zero-order valence-electron chi connectivity index (χ0n) is 16.5. The molecule has 0 amide bonds. The number of imidazole rings is 1. The summed E-state index contributed by atoms with van der Waals surface area (Å²) in [5.74, 6) is 0.776. The molecule has 2 aromatic carbocycles. The average Bonchev–Trinajstić information content (AvgIpc) is 3.30. The van der Waals surface area contributed by atoms with Gasteiger partial charge in [0.15, 0.2) is 0 Å². The van der Waals surface area contributed by atoms with Gasteiger partial charge in [-0.2, -0.15) is 0 Å². The van der Waals surface area contributed by atoms with Crippen LogP contribution < -0.4 is 4.74 Å². The Morgan fingerprint density at radius 1 is 1.10 bits per heavy atom. The molecule has 0 saturated carbocycles. The molecule has 29 heavy (non-hydrogen) atoms. The number of rotatable bonds is 4. The number of aryl methyl sites for hydroxylation is 1. The summed E-state index contributed by atoms with van der Waals surface area (Å²) in [4.78, 5) is 4.54. The van der Waals surface area contributed by atoms with Gasteiger partial charge in [-0.3, -0.25) is 0 Å². The van der Waals surface area contributed by atoms with E-state index in [-0.39, 0.29) is 0 Å². The highest BCUT2D eigenvalue weighted by Crippen LogP contribution is 2.33. The van der Waals surface area contributed by atoms with Crippen LogP contribution in [0.2, 0.25) is 0 Å². The van der Waals surface area contributed by atoms with E-state index >= 15 is 0 Å². The highest BCUT2D eigenvalue weighted by molar-refractivity contribution is 5.61. The molecule has 0 aliphatic carbocycles. The van der Waals surface area contributed by atoms with E-state index in [9.17, 15) is 0 Å². The summed E-state index contributed by atoms with van der Waals surface area (Å²) in [6.45, 7) is 6.03. The first-order chi connectivity index (χ1) is 14.2. The quantitative estimate of drug-likeness (QED) is 0.472. The second kappa shape index (κ2) is 6.74. The Kier molecular flexibility index (Phi) is 4.05. The number of ether oxygens (including phenoxy) is 1. The van der Waals surface area contributed by atoms with Gasteiger partial charge in [0.05, 0.1) is 41.3 Å². The number of nitrogens with zero attached hydrogens (tertiary/aromatic N) is 5. The predicted molar refractivity (Wildman–Crippen MR) is 112 cm³/mol. The zero-order valence-corrected chi connectivity index (χ0v) is 16.5. The number of hydrogen-bond donors (Lipinski definition) is 0. The van der Waals surface area contributed by atoms with Gasteiger partial charge < -0.3 is 9.30 Å². The molecule has 1 aliphatic heterocycles. The lowest BCUT2D eigenvalue weighted by Gasteiger charge is -2.11. The maximum absolute atomic E-state index is 5.46. The highest BCUT2D eigenvalue weighted by Gasteiger charge is 2.26. The van der Waals surface area contributed by atoms with Crippen molar-refractivity contribution in [2.24, 2.45) is 0 Å². The Morgan fingerprint density at radius 2 is 1.93 bits per heavy atom. The molecule has 0 saturated heterocycles. The van der Waals surface area contributed by atoms with Crippen molar-refractivity contribution in [1.29, 1.82) is 0 Å². The van der Waals surface area contributed by atoms with Crippen LogP contribution in [-0.2, 0) is 12.8 Å². The van der Waals surface area contributed by atoms with Crippen molar-refractivity contribution >= 4 is 6.08 Å². The Bertz CT molecular complexity index is 1220. The van der Waals surface area contributed by atoms with Crippen molar-refractivity contribution in [1.82, 2.24) is 24.5 Å². The van der Waals surface area contributed by atoms with E-state index in [0.29, 0.717) is 6.42 Å². The lowest BCUT2D eigenvalue weighted by atomic mass is 10.0. The van der Waals surface area contributed by atoms with Gasteiger partial charge in [-0.05, 0) is 30.7 Å². The number of hydrogen-bond acceptors (Lipinski definition) is 4. The number of methoxy groups -OCH3 is 1. The van der Waals surface area contributed by atoms with Crippen LogP contribution in [0.4, 0.5) is 0 Å². The minimum absolute atomic E-state index is 0.673. The largest absolute Gasteiger partial charge is 0.497 e. The number of aromatic nitrogens is 5. The monoisotopic (exact) mass is 383 g/mol. The molecule has 3 heterocycles. The van der Waals surface area contributed by atoms with E-state index in [1.54, 1.807) is 13.2 Å². The van der Waals surface area contributed by atoms with Crippen molar-refractivity contribution in [2.45, 2.75) is 19.8 Å². The van der Waals surface area contributed by atoms with Gasteiger partial charge in [0, 0.05) is 18.9 Å². The SMILES string of the molecule is C=Cc1ncn2c1Cc1c(Cc3ccc(C)cc3)nnn1-c1cc(OC)ccc1-2. The Hall–Kier alpha value is -3.67. The molecule has 0 bridgehead atoms. The summed E-state index contributed by atoms with van der Waals surface area (Å²) < 4.78 is 9.50. The molecule has 0 spiro atoms. The second-order valence-electron chi connectivity index (χ2n) is 7.24. The fourth-order valence-electron chi connectivity index (χ4n) is 3.84. The second-order valence-corrected chi connectivity index (χ2v) is 7.24. The van der Waals surface area contributed by atoms with Crippen molar-refractivity contribution in [3.05, 3.63) is 89.3 Å². The Labute approximate surface area is 169 Å². The molecule has 0 N–H and O–H groups in total. The molecular formula is C23H21N5O. The summed E-state index contributed by atoms with van der Waals surface area (Å²) in [7, 11) is 1.67. The van der Waals surface area contributed by atoms with Crippen LogP contribution in [0.25, 0.3) is 17.5 Å². The van der Waals surface area contributed by atoms with E-state index < -0.39 is 0 Å². The van der Waals surface area contributed by atoms with Gasteiger partial charge in [-0.15, -0.1) is 5.10 Å². The highest BCUT2D eigenvalue weighted by atomic mass is 16.5. The van der Waals surface area contributed by atoms with Gasteiger partial charge >= 0.3 is 0 Å². The Balaban J connectivity index is 1.70. The molecule has 6 heteroatoms. The van der Waals surface area contributed by atoms with Crippen LogP contribution in [0.15, 0.2) is 55.4 Å². The van der Waals surface area contributed by atoms with Gasteiger partial charge in [0.1, 0.15) is 12.1 Å². The molecule has 0 radical (unpaired) electrons. The third-order valence-electron chi connectivity index (χ3n) is 5.43. The third-order valence-corrected chi connectivity index (χ3v) is 5.43. The van der Waals surface area contributed by atoms with Crippen LogP contribution in [0.5, 0.6) is 5.75 Å². The lowest BCUT2D eigenvalue weighted by molar-refractivity contribution is 0.414. The molecule has 0 atom stereocenters. The molecule has 6 nitrogen and oxygen atoms in total. The zero-order chi connectivity index (χ0) is 20.0. The van der Waals surface area contributed by atoms with E-state index in [0.717, 1.165) is 46.3 Å².